The van der Waals surface area contributed by atoms with Crippen molar-refractivity contribution in [3.63, 3.8) is 0 Å². The molecule has 0 rings (SSSR count). The third kappa shape index (κ3) is 4.11. The van der Waals surface area contributed by atoms with Gasteiger partial charge < -0.3 is 5.73 Å². The van der Waals surface area contributed by atoms with Crippen LogP contribution in [0, 0.1) is 0 Å². The van der Waals surface area contributed by atoms with E-state index < -0.39 is 31.4 Å². The average Bonchev–Trinajstić information content (AvgIpc) is 2.05. The summed E-state index contributed by atoms with van der Waals surface area (Å²) in [7, 11) is -6.74. The van der Waals surface area contributed by atoms with E-state index >= 15 is 0 Å². The molecule has 0 aromatic heterocycles. The zero-order valence-corrected chi connectivity index (χ0v) is 8.76. The Morgan fingerprint density at radius 3 is 1.50 bits per heavy atom. The van der Waals surface area contributed by atoms with E-state index in [4.69, 9.17) is 5.73 Å². The van der Waals surface area contributed by atoms with E-state index in [9.17, 15) is 16.8 Å². The maximum atomic E-state index is 11.0. The van der Waals surface area contributed by atoms with Crippen molar-refractivity contribution in [2.24, 2.45) is 5.73 Å². The molecule has 0 atom stereocenters. The molecule has 0 radical (unpaired) electrons. The fourth-order valence-electron chi connectivity index (χ4n) is 0.595. The van der Waals surface area contributed by atoms with Gasteiger partial charge in [-0.3, -0.25) is 8.37 Å². The molecule has 0 fully saturated rings. The van der Waals surface area contributed by atoms with Gasteiger partial charge in [0.05, 0.1) is 14.2 Å². The topological polar surface area (TPSA) is 113 Å². The van der Waals surface area contributed by atoms with Crippen molar-refractivity contribution in [2.75, 3.05) is 20.8 Å². The van der Waals surface area contributed by atoms with Gasteiger partial charge in [0.1, 0.15) is 0 Å². The van der Waals surface area contributed by atoms with E-state index in [1.165, 1.54) is 0 Å². The fourth-order valence-corrected chi connectivity index (χ4v) is 3.12. The summed E-state index contributed by atoms with van der Waals surface area (Å²) in [4.78, 5) is 0. The van der Waals surface area contributed by atoms with Gasteiger partial charge in [0.2, 0.25) is 4.58 Å². The SMILES string of the molecule is COS(=O)(=O)C(CN)S(=O)(=O)OC.[NaH]. The normalized spacial score (nSPS) is 12.6. The van der Waals surface area contributed by atoms with E-state index in [0.29, 0.717) is 0 Å². The molecule has 2 N–H and O–H groups in total. The monoisotopic (exact) mass is 257 g/mol. The van der Waals surface area contributed by atoms with Crippen LogP contribution in [0.15, 0.2) is 0 Å². The van der Waals surface area contributed by atoms with Crippen LogP contribution in [0.2, 0.25) is 0 Å². The van der Waals surface area contributed by atoms with Gasteiger partial charge >= 0.3 is 29.6 Å². The van der Waals surface area contributed by atoms with Gasteiger partial charge in [-0.1, -0.05) is 0 Å². The predicted octanol–water partition coefficient (Wildman–Crippen LogP) is -2.42. The van der Waals surface area contributed by atoms with Crippen LogP contribution in [0.1, 0.15) is 0 Å². The summed E-state index contributed by atoms with van der Waals surface area (Å²) in [5.41, 5.74) is 4.98. The molecular formula is C4H12NNaO6S2. The minimum absolute atomic E-state index is 0. The first-order valence-electron chi connectivity index (χ1n) is 3.10. The Labute approximate surface area is 105 Å². The zero-order valence-electron chi connectivity index (χ0n) is 7.13. The van der Waals surface area contributed by atoms with Crippen LogP contribution < -0.4 is 5.73 Å². The summed E-state index contributed by atoms with van der Waals surface area (Å²) in [6.07, 6.45) is 0. The number of nitrogens with two attached hydrogens (primary N) is 1. The maximum absolute atomic E-state index is 11.0. The predicted molar refractivity (Wildman–Crippen MR) is 51.8 cm³/mol. The van der Waals surface area contributed by atoms with Crippen molar-refractivity contribution >= 4 is 49.8 Å². The molecule has 0 aromatic rings. The standard InChI is InChI=1S/C4H11NO6S2.Na.H/c1-10-12(6,7)4(3-5)13(8,9)11-2;;/h4H,3,5H2,1-2H3;;. The van der Waals surface area contributed by atoms with Crippen LogP contribution in [-0.4, -0.2) is 71.7 Å². The molecule has 0 amide bonds. The van der Waals surface area contributed by atoms with Crippen LogP contribution >= 0.6 is 0 Å². The molecule has 0 bridgehead atoms. The van der Waals surface area contributed by atoms with Crippen LogP contribution in [-0.2, 0) is 28.6 Å². The molecule has 82 valence electrons. The molecule has 0 unspecified atom stereocenters. The number of hydrogen-bond acceptors (Lipinski definition) is 7. The Morgan fingerprint density at radius 2 is 1.36 bits per heavy atom. The molecule has 0 saturated heterocycles. The third-order valence-electron chi connectivity index (χ3n) is 1.30. The first-order chi connectivity index (χ1) is 5.81. The summed E-state index contributed by atoms with van der Waals surface area (Å²) >= 11 is 0. The minimum atomic E-state index is -4.22. The Balaban J connectivity index is 0. The molecule has 0 heterocycles. The molecule has 14 heavy (non-hydrogen) atoms. The van der Waals surface area contributed by atoms with Gasteiger partial charge in [0.25, 0.3) is 20.2 Å². The van der Waals surface area contributed by atoms with Gasteiger partial charge in [-0.05, 0) is 0 Å². The quantitative estimate of drug-likeness (QED) is 0.430. The third-order valence-corrected chi connectivity index (χ3v) is 5.32. The fraction of sp³-hybridized carbons (Fsp3) is 1.00. The van der Waals surface area contributed by atoms with E-state index in [-0.39, 0.29) is 29.6 Å². The van der Waals surface area contributed by atoms with Gasteiger partial charge in [0, 0.05) is 6.54 Å². The van der Waals surface area contributed by atoms with Crippen molar-refractivity contribution in [3.8, 4) is 0 Å². The van der Waals surface area contributed by atoms with Gasteiger partial charge in [-0.2, -0.15) is 16.8 Å². The molecule has 0 spiro atoms. The van der Waals surface area contributed by atoms with Crippen LogP contribution in [0.3, 0.4) is 0 Å². The Kier molecular flexibility index (Phi) is 7.83. The molecular weight excluding hydrogens is 245 g/mol. The van der Waals surface area contributed by atoms with Gasteiger partial charge in [-0.15, -0.1) is 0 Å². The zero-order chi connectivity index (χ0) is 10.7. The van der Waals surface area contributed by atoms with Crippen LogP contribution in [0.25, 0.3) is 0 Å². The van der Waals surface area contributed by atoms with Gasteiger partial charge in [0.15, 0.2) is 0 Å². The molecule has 0 aromatic carbocycles. The average molecular weight is 257 g/mol. The Morgan fingerprint density at radius 1 is 1.07 bits per heavy atom. The van der Waals surface area contributed by atoms with Crippen molar-refractivity contribution in [3.05, 3.63) is 0 Å². The van der Waals surface area contributed by atoms with E-state index in [1.54, 1.807) is 0 Å². The second-order valence-electron chi connectivity index (χ2n) is 1.98. The van der Waals surface area contributed by atoms with Gasteiger partial charge in [-0.25, -0.2) is 0 Å². The summed E-state index contributed by atoms with van der Waals surface area (Å²) < 4.78 is 50.0. The Hall–Kier alpha value is 0.780. The molecule has 7 nitrogen and oxygen atoms in total. The van der Waals surface area contributed by atoms with E-state index in [0.717, 1.165) is 14.2 Å². The molecule has 10 heteroatoms. The summed E-state index contributed by atoms with van der Waals surface area (Å²) in [5, 5.41) is 0. The second kappa shape index (κ2) is 6.38. The Bertz CT molecular complexity index is 314. The first kappa shape index (κ1) is 17.2. The molecule has 0 aliphatic heterocycles. The summed E-state index contributed by atoms with van der Waals surface area (Å²) in [5.74, 6) is 0. The summed E-state index contributed by atoms with van der Waals surface area (Å²) in [6, 6.07) is 0. The van der Waals surface area contributed by atoms with E-state index in [1.807, 2.05) is 0 Å². The molecule has 0 aliphatic rings. The number of hydrogen-bond donors (Lipinski definition) is 1. The van der Waals surface area contributed by atoms with Crippen molar-refractivity contribution in [1.29, 1.82) is 0 Å². The number of rotatable bonds is 5. The second-order valence-corrected chi connectivity index (χ2v) is 6.06. The first-order valence-corrected chi connectivity index (χ1v) is 6.05. The van der Waals surface area contributed by atoms with Crippen LogP contribution in [0.5, 0.6) is 0 Å². The van der Waals surface area contributed by atoms with Crippen LogP contribution in [0.4, 0.5) is 0 Å². The summed E-state index contributed by atoms with van der Waals surface area (Å²) in [6.45, 7) is -0.619. The van der Waals surface area contributed by atoms with E-state index in [2.05, 4.69) is 8.37 Å². The van der Waals surface area contributed by atoms with Crippen molar-refractivity contribution in [2.45, 2.75) is 4.58 Å². The van der Waals surface area contributed by atoms with Crippen molar-refractivity contribution in [1.82, 2.24) is 0 Å². The molecule has 0 aliphatic carbocycles. The van der Waals surface area contributed by atoms with Crippen molar-refractivity contribution < 1.29 is 25.2 Å². The molecule has 0 saturated carbocycles.